The van der Waals surface area contributed by atoms with E-state index >= 15 is 0 Å². The van der Waals surface area contributed by atoms with Gasteiger partial charge in [0.25, 0.3) is 0 Å². The molecule has 0 spiro atoms. The normalized spacial score (nSPS) is 11.0. The third-order valence-corrected chi connectivity index (χ3v) is 2.00. The number of hydrogen-bond donors (Lipinski definition) is 0. The van der Waals surface area contributed by atoms with Crippen molar-refractivity contribution in [1.82, 2.24) is 0 Å². The Labute approximate surface area is 86.7 Å². The van der Waals surface area contributed by atoms with E-state index in [2.05, 4.69) is 0 Å². The van der Waals surface area contributed by atoms with Crippen molar-refractivity contribution in [3.05, 3.63) is 58.0 Å². The molecule has 0 N–H and O–H groups in total. The molecule has 0 bridgehead atoms. The van der Waals surface area contributed by atoms with Crippen LogP contribution in [0.1, 0.15) is 17.1 Å². The van der Waals surface area contributed by atoms with Crippen LogP contribution in [0.25, 0.3) is 12.2 Å². The summed E-state index contributed by atoms with van der Waals surface area (Å²) in [6.45, 7) is 1.69. The molecular formula is C12H10O3. The zero-order valence-electron chi connectivity index (χ0n) is 8.27. The molecule has 15 heavy (non-hydrogen) atoms. The molecule has 1 aromatic carbocycles. The second kappa shape index (κ2) is 4.00. The Bertz CT molecular complexity index is 517. The molecule has 3 nitrogen and oxygen atoms in total. The van der Waals surface area contributed by atoms with Crippen molar-refractivity contribution in [2.45, 2.75) is 6.92 Å². The van der Waals surface area contributed by atoms with Gasteiger partial charge in [0.2, 0.25) is 0 Å². The standard InChI is InChI=1S/C12H10O3/c1-9-11(15-12(13)14-9)8-7-10-5-3-2-4-6-10/h2-8H,1H3/b8-7+. The molecule has 0 aliphatic carbocycles. The van der Waals surface area contributed by atoms with Crippen molar-refractivity contribution in [3.8, 4) is 0 Å². The van der Waals surface area contributed by atoms with Gasteiger partial charge in [-0.05, 0) is 18.6 Å². The van der Waals surface area contributed by atoms with Gasteiger partial charge in [-0.25, -0.2) is 4.79 Å². The second-order valence-corrected chi connectivity index (χ2v) is 3.12. The Hall–Kier alpha value is -2.03. The summed E-state index contributed by atoms with van der Waals surface area (Å²) in [7, 11) is 0. The molecule has 0 aliphatic rings. The minimum absolute atomic E-state index is 0.462. The quantitative estimate of drug-likeness (QED) is 0.751. The van der Waals surface area contributed by atoms with Crippen molar-refractivity contribution < 1.29 is 8.83 Å². The van der Waals surface area contributed by atoms with E-state index in [0.717, 1.165) is 5.56 Å². The minimum atomic E-state index is -0.666. The maximum atomic E-state index is 10.8. The van der Waals surface area contributed by atoms with E-state index in [1.807, 2.05) is 36.4 Å². The summed E-state index contributed by atoms with van der Waals surface area (Å²) >= 11 is 0. The molecule has 76 valence electrons. The molecule has 0 amide bonds. The predicted octanol–water partition coefficient (Wildman–Crippen LogP) is 2.71. The van der Waals surface area contributed by atoms with Crippen molar-refractivity contribution in [2.75, 3.05) is 0 Å². The summed E-state index contributed by atoms with van der Waals surface area (Å²) in [5, 5.41) is 0. The van der Waals surface area contributed by atoms with Gasteiger partial charge in [0, 0.05) is 0 Å². The third kappa shape index (κ3) is 2.26. The van der Waals surface area contributed by atoms with Crippen LogP contribution in [-0.2, 0) is 0 Å². The van der Waals surface area contributed by atoms with Crippen LogP contribution in [-0.4, -0.2) is 0 Å². The Balaban J connectivity index is 2.26. The largest absolute Gasteiger partial charge is 0.519 e. The van der Waals surface area contributed by atoms with Crippen LogP contribution in [0.4, 0.5) is 0 Å². The number of rotatable bonds is 2. The lowest BCUT2D eigenvalue weighted by molar-refractivity contribution is 0.377. The van der Waals surface area contributed by atoms with Gasteiger partial charge in [0.1, 0.15) is 0 Å². The Morgan fingerprint density at radius 3 is 2.40 bits per heavy atom. The van der Waals surface area contributed by atoms with E-state index in [1.54, 1.807) is 13.0 Å². The summed E-state index contributed by atoms with van der Waals surface area (Å²) in [6, 6.07) is 9.75. The van der Waals surface area contributed by atoms with Gasteiger partial charge in [-0.1, -0.05) is 36.4 Å². The van der Waals surface area contributed by atoms with Crippen LogP contribution in [0.3, 0.4) is 0 Å². The van der Waals surface area contributed by atoms with Gasteiger partial charge < -0.3 is 8.83 Å². The first kappa shape index (κ1) is 9.52. The van der Waals surface area contributed by atoms with E-state index in [0.29, 0.717) is 11.5 Å². The van der Waals surface area contributed by atoms with Crippen LogP contribution >= 0.6 is 0 Å². The molecule has 0 aliphatic heterocycles. The first-order chi connectivity index (χ1) is 7.25. The van der Waals surface area contributed by atoms with E-state index in [-0.39, 0.29) is 0 Å². The summed E-state index contributed by atoms with van der Waals surface area (Å²) < 4.78 is 9.56. The van der Waals surface area contributed by atoms with Crippen LogP contribution in [0, 0.1) is 6.92 Å². The molecule has 2 rings (SSSR count). The van der Waals surface area contributed by atoms with Gasteiger partial charge in [-0.15, -0.1) is 0 Å². The smallest absolute Gasteiger partial charge is 0.396 e. The third-order valence-electron chi connectivity index (χ3n) is 2.00. The monoisotopic (exact) mass is 202 g/mol. The fraction of sp³-hybridized carbons (Fsp3) is 0.0833. The zero-order chi connectivity index (χ0) is 10.7. The highest BCUT2D eigenvalue weighted by Gasteiger charge is 2.03. The maximum absolute atomic E-state index is 10.8. The molecule has 0 radical (unpaired) electrons. The minimum Gasteiger partial charge on any atom is -0.396 e. The van der Waals surface area contributed by atoms with Gasteiger partial charge in [0.05, 0.1) is 0 Å². The highest BCUT2D eigenvalue weighted by atomic mass is 16.6. The summed E-state index contributed by atoms with van der Waals surface area (Å²) in [6.07, 6.45) is 3.58. The van der Waals surface area contributed by atoms with E-state index in [1.165, 1.54) is 0 Å². The lowest BCUT2D eigenvalue weighted by atomic mass is 10.2. The zero-order valence-corrected chi connectivity index (χ0v) is 8.27. The Kier molecular flexibility index (Phi) is 2.54. The molecule has 1 aromatic heterocycles. The van der Waals surface area contributed by atoms with Crippen LogP contribution in [0.15, 0.2) is 44.0 Å². The van der Waals surface area contributed by atoms with Crippen molar-refractivity contribution in [1.29, 1.82) is 0 Å². The average molecular weight is 202 g/mol. The van der Waals surface area contributed by atoms with E-state index in [9.17, 15) is 4.79 Å². The summed E-state index contributed by atoms with van der Waals surface area (Å²) in [4.78, 5) is 10.8. The molecule has 0 fully saturated rings. The van der Waals surface area contributed by atoms with E-state index < -0.39 is 5.82 Å². The van der Waals surface area contributed by atoms with Crippen LogP contribution in [0.2, 0.25) is 0 Å². The molecule has 0 saturated carbocycles. The second-order valence-electron chi connectivity index (χ2n) is 3.12. The fourth-order valence-corrected chi connectivity index (χ4v) is 1.25. The molecule has 0 saturated heterocycles. The first-order valence-corrected chi connectivity index (χ1v) is 4.59. The maximum Gasteiger partial charge on any atom is 0.519 e. The molecular weight excluding hydrogens is 192 g/mol. The van der Waals surface area contributed by atoms with Crippen LogP contribution < -0.4 is 5.82 Å². The lowest BCUT2D eigenvalue weighted by Gasteiger charge is -1.89. The topological polar surface area (TPSA) is 43.4 Å². The highest BCUT2D eigenvalue weighted by molar-refractivity contribution is 5.67. The molecule has 3 heteroatoms. The Morgan fingerprint density at radius 1 is 1.07 bits per heavy atom. The number of hydrogen-bond acceptors (Lipinski definition) is 3. The molecule has 2 aromatic rings. The molecule has 0 unspecified atom stereocenters. The first-order valence-electron chi connectivity index (χ1n) is 4.59. The highest BCUT2D eigenvalue weighted by Crippen LogP contribution is 2.10. The van der Waals surface area contributed by atoms with Gasteiger partial charge in [-0.2, -0.15) is 0 Å². The summed E-state index contributed by atoms with van der Waals surface area (Å²) in [5.41, 5.74) is 1.04. The lowest BCUT2D eigenvalue weighted by Crippen LogP contribution is -1.85. The van der Waals surface area contributed by atoms with Gasteiger partial charge in [-0.3, -0.25) is 0 Å². The van der Waals surface area contributed by atoms with Crippen molar-refractivity contribution >= 4 is 12.2 Å². The molecule has 0 atom stereocenters. The van der Waals surface area contributed by atoms with Gasteiger partial charge in [0.15, 0.2) is 11.5 Å². The fourth-order valence-electron chi connectivity index (χ4n) is 1.25. The predicted molar refractivity (Wildman–Crippen MR) is 57.4 cm³/mol. The van der Waals surface area contributed by atoms with Crippen LogP contribution in [0.5, 0.6) is 0 Å². The SMILES string of the molecule is Cc1oc(=O)oc1/C=C/c1ccccc1. The number of benzene rings is 1. The number of aryl methyl sites for hydroxylation is 1. The summed E-state index contributed by atoms with van der Waals surface area (Å²) in [5.74, 6) is 0.288. The van der Waals surface area contributed by atoms with Crippen molar-refractivity contribution in [3.63, 3.8) is 0 Å². The van der Waals surface area contributed by atoms with E-state index in [4.69, 9.17) is 8.83 Å². The van der Waals surface area contributed by atoms with Crippen molar-refractivity contribution in [2.24, 2.45) is 0 Å². The van der Waals surface area contributed by atoms with Gasteiger partial charge >= 0.3 is 5.82 Å². The molecule has 1 heterocycles. The Morgan fingerprint density at radius 2 is 1.80 bits per heavy atom. The average Bonchev–Trinajstić information content (AvgIpc) is 2.56.